The summed E-state index contributed by atoms with van der Waals surface area (Å²) in [6.07, 6.45) is 0. The van der Waals surface area contributed by atoms with Crippen LogP contribution in [-0.4, -0.2) is 48.0 Å². The number of hydrogen-bond acceptors (Lipinski definition) is 8. The van der Waals surface area contributed by atoms with E-state index in [2.05, 4.69) is 10.6 Å². The predicted octanol–water partition coefficient (Wildman–Crippen LogP) is 2.87. The molecule has 0 aliphatic heterocycles. The third-order valence-corrected chi connectivity index (χ3v) is 5.36. The third kappa shape index (κ3) is 7.39. The van der Waals surface area contributed by atoms with Crippen molar-refractivity contribution >= 4 is 57.2 Å². The molecule has 0 saturated heterocycles. The van der Waals surface area contributed by atoms with Gasteiger partial charge in [0.2, 0.25) is 11.8 Å². The van der Waals surface area contributed by atoms with E-state index in [1.807, 2.05) is 0 Å². The highest BCUT2D eigenvalue weighted by atomic mass is 32.2. The fourth-order valence-corrected chi connectivity index (χ4v) is 3.29. The second kappa shape index (κ2) is 11.9. The number of nitrogens with one attached hydrogen (secondary N) is 2. The van der Waals surface area contributed by atoms with E-state index in [0.29, 0.717) is 46.4 Å². The largest absolute Gasteiger partial charge is 0.495 e. The number of amides is 4. The number of thioether (sulfide) groups is 2. The molecular weight excluding hydrogens is 456 g/mol. The predicted molar refractivity (Wildman–Crippen MR) is 126 cm³/mol. The highest BCUT2D eigenvalue weighted by molar-refractivity contribution is 8.14. The van der Waals surface area contributed by atoms with Gasteiger partial charge in [-0.3, -0.25) is 19.2 Å². The van der Waals surface area contributed by atoms with Crippen molar-refractivity contribution < 1.29 is 28.7 Å². The SMILES string of the molecule is COc1cc(-c2ccc(NC(=O)CSC(N)=O)c(OC)c2)ccc1NC(=O)CSC(N)=O. The Bertz CT molecular complexity index is 950. The molecule has 0 bridgehead atoms. The average molecular weight is 479 g/mol. The molecule has 0 aliphatic carbocycles. The van der Waals surface area contributed by atoms with E-state index < -0.39 is 22.3 Å². The molecule has 12 heteroatoms. The van der Waals surface area contributed by atoms with Crippen LogP contribution in [0.25, 0.3) is 11.1 Å². The number of methoxy groups -OCH3 is 2. The first kappa shape index (κ1) is 24.9. The van der Waals surface area contributed by atoms with E-state index in [0.717, 1.165) is 11.1 Å². The fourth-order valence-electron chi connectivity index (χ4n) is 2.59. The first-order chi connectivity index (χ1) is 15.2. The van der Waals surface area contributed by atoms with E-state index in [1.165, 1.54) is 14.2 Å². The Morgan fingerprint density at radius 1 is 0.750 bits per heavy atom. The molecule has 0 aliphatic rings. The highest BCUT2D eigenvalue weighted by Crippen LogP contribution is 2.35. The van der Waals surface area contributed by atoms with Crippen LogP contribution in [0.2, 0.25) is 0 Å². The first-order valence-electron chi connectivity index (χ1n) is 9.04. The molecular formula is C20H22N4O6S2. The van der Waals surface area contributed by atoms with Gasteiger partial charge in [0.15, 0.2) is 0 Å². The van der Waals surface area contributed by atoms with Crippen molar-refractivity contribution in [3.05, 3.63) is 36.4 Å². The van der Waals surface area contributed by atoms with Crippen LogP contribution in [0.5, 0.6) is 11.5 Å². The van der Waals surface area contributed by atoms with Gasteiger partial charge in [-0.05, 0) is 35.4 Å². The van der Waals surface area contributed by atoms with Gasteiger partial charge in [0.25, 0.3) is 10.5 Å². The molecule has 0 aromatic heterocycles. The second-order valence-corrected chi connectivity index (χ2v) is 8.10. The van der Waals surface area contributed by atoms with Crippen LogP contribution in [0.1, 0.15) is 0 Å². The lowest BCUT2D eigenvalue weighted by atomic mass is 10.0. The van der Waals surface area contributed by atoms with Gasteiger partial charge < -0.3 is 31.6 Å². The van der Waals surface area contributed by atoms with Crippen LogP contribution in [0.3, 0.4) is 0 Å². The van der Waals surface area contributed by atoms with Gasteiger partial charge in [0.1, 0.15) is 11.5 Å². The van der Waals surface area contributed by atoms with E-state index in [9.17, 15) is 19.2 Å². The lowest BCUT2D eigenvalue weighted by molar-refractivity contribution is -0.114. The van der Waals surface area contributed by atoms with Gasteiger partial charge in [-0.25, -0.2) is 0 Å². The number of primary amides is 2. The van der Waals surface area contributed by atoms with Crippen molar-refractivity contribution in [2.45, 2.75) is 0 Å². The molecule has 10 nitrogen and oxygen atoms in total. The summed E-state index contributed by atoms with van der Waals surface area (Å²) in [5, 5.41) is 4.07. The second-order valence-electron chi connectivity index (χ2n) is 6.14. The molecule has 170 valence electrons. The smallest absolute Gasteiger partial charge is 0.276 e. The Labute approximate surface area is 192 Å². The number of anilines is 2. The first-order valence-corrected chi connectivity index (χ1v) is 11.0. The zero-order valence-corrected chi connectivity index (χ0v) is 18.9. The van der Waals surface area contributed by atoms with E-state index >= 15 is 0 Å². The minimum Gasteiger partial charge on any atom is -0.495 e. The molecule has 0 heterocycles. The Kier molecular flexibility index (Phi) is 9.22. The monoisotopic (exact) mass is 478 g/mol. The zero-order chi connectivity index (χ0) is 23.7. The maximum atomic E-state index is 12.0. The molecule has 2 aromatic carbocycles. The summed E-state index contributed by atoms with van der Waals surface area (Å²) >= 11 is 1.41. The molecule has 0 saturated carbocycles. The van der Waals surface area contributed by atoms with Gasteiger partial charge in [-0.1, -0.05) is 35.7 Å². The number of benzene rings is 2. The molecule has 0 unspecified atom stereocenters. The molecule has 0 fully saturated rings. The van der Waals surface area contributed by atoms with Gasteiger partial charge in [0.05, 0.1) is 37.1 Å². The molecule has 2 aromatic rings. The van der Waals surface area contributed by atoms with E-state index in [4.69, 9.17) is 20.9 Å². The summed E-state index contributed by atoms with van der Waals surface area (Å²) in [4.78, 5) is 45.5. The normalized spacial score (nSPS) is 10.2. The number of ether oxygens (including phenoxy) is 2. The molecule has 0 radical (unpaired) electrons. The number of carbonyl (C=O) groups excluding carboxylic acids is 4. The molecule has 0 spiro atoms. The molecule has 4 amide bonds. The lowest BCUT2D eigenvalue weighted by Gasteiger charge is -2.14. The molecule has 2 rings (SSSR count). The Morgan fingerprint density at radius 3 is 1.44 bits per heavy atom. The van der Waals surface area contributed by atoms with Crippen molar-refractivity contribution in [3.63, 3.8) is 0 Å². The maximum absolute atomic E-state index is 12.0. The summed E-state index contributed by atoms with van der Waals surface area (Å²) in [5.74, 6) is -0.169. The van der Waals surface area contributed by atoms with Gasteiger partial charge in [0, 0.05) is 0 Å². The quantitative estimate of drug-likeness (QED) is 0.427. The summed E-state index contributed by atoms with van der Waals surface area (Å²) < 4.78 is 10.7. The van der Waals surface area contributed by atoms with Gasteiger partial charge in [-0.15, -0.1) is 0 Å². The summed E-state index contributed by atoms with van der Waals surface area (Å²) in [7, 11) is 2.94. The van der Waals surface area contributed by atoms with Crippen molar-refractivity contribution in [1.82, 2.24) is 0 Å². The third-order valence-electron chi connectivity index (χ3n) is 3.98. The molecule has 0 atom stereocenters. The number of hydrogen-bond donors (Lipinski definition) is 4. The van der Waals surface area contributed by atoms with Crippen LogP contribution in [-0.2, 0) is 9.59 Å². The topological polar surface area (TPSA) is 163 Å². The minimum atomic E-state index is -0.636. The number of rotatable bonds is 9. The van der Waals surface area contributed by atoms with Crippen molar-refractivity contribution in [3.8, 4) is 22.6 Å². The van der Waals surface area contributed by atoms with Crippen molar-refractivity contribution in [2.75, 3.05) is 36.4 Å². The Balaban J connectivity index is 2.20. The lowest BCUT2D eigenvalue weighted by Crippen LogP contribution is -2.17. The summed E-state index contributed by atoms with van der Waals surface area (Å²) in [6.45, 7) is 0. The number of nitrogens with two attached hydrogens (primary N) is 2. The summed E-state index contributed by atoms with van der Waals surface area (Å²) in [6, 6.07) is 10.3. The highest BCUT2D eigenvalue weighted by Gasteiger charge is 2.13. The van der Waals surface area contributed by atoms with E-state index in [1.54, 1.807) is 36.4 Å². The van der Waals surface area contributed by atoms with Gasteiger partial charge in [-0.2, -0.15) is 0 Å². The Hall–Kier alpha value is -3.38. The molecule has 6 N–H and O–H groups in total. The average Bonchev–Trinajstić information content (AvgIpc) is 2.76. The van der Waals surface area contributed by atoms with Crippen LogP contribution >= 0.6 is 23.5 Å². The Morgan fingerprint density at radius 2 is 1.12 bits per heavy atom. The maximum Gasteiger partial charge on any atom is 0.276 e. The van der Waals surface area contributed by atoms with Crippen molar-refractivity contribution in [1.29, 1.82) is 0 Å². The van der Waals surface area contributed by atoms with Crippen LogP contribution in [0.4, 0.5) is 21.0 Å². The summed E-state index contributed by atoms with van der Waals surface area (Å²) in [5.41, 5.74) is 12.5. The van der Waals surface area contributed by atoms with Crippen LogP contribution in [0.15, 0.2) is 36.4 Å². The fraction of sp³-hybridized carbons (Fsp3) is 0.200. The van der Waals surface area contributed by atoms with Crippen LogP contribution < -0.4 is 31.6 Å². The zero-order valence-electron chi connectivity index (χ0n) is 17.3. The standard InChI is InChI=1S/C20H22N4O6S2/c1-29-15-7-11(3-5-13(15)23-17(25)9-31-19(21)27)12-4-6-14(16(8-12)30-2)24-18(26)10-32-20(22)28/h3-8H,9-10H2,1-2H3,(H2,21,27)(H2,22,28)(H,23,25)(H,24,26). The van der Waals surface area contributed by atoms with Gasteiger partial charge >= 0.3 is 0 Å². The van der Waals surface area contributed by atoms with E-state index in [-0.39, 0.29) is 11.5 Å². The minimum absolute atomic E-state index is 0.109. The van der Waals surface area contributed by atoms with Crippen LogP contribution in [0, 0.1) is 0 Å². The van der Waals surface area contributed by atoms with Crippen molar-refractivity contribution in [2.24, 2.45) is 11.5 Å². The number of carbonyl (C=O) groups is 4. The molecule has 32 heavy (non-hydrogen) atoms.